The third-order valence-electron chi connectivity index (χ3n) is 2.65. The highest BCUT2D eigenvalue weighted by Crippen LogP contribution is 2.19. The van der Waals surface area contributed by atoms with E-state index >= 15 is 0 Å². The lowest BCUT2D eigenvalue weighted by Gasteiger charge is -2.11. The number of aromatic nitrogens is 1. The molecule has 1 atom stereocenters. The minimum absolute atomic E-state index is 0.147. The average molecular weight is 277 g/mol. The standard InChI is InChI=1S/C14H13ClN2O2/c15-12(10-4-2-1-3-5-10)8-17-14(19)11-6-7-16-9-13(11)18/h1-7,9,12,18H,8H2,(H,17,19). The first-order valence-corrected chi connectivity index (χ1v) is 6.22. The van der Waals surface area contributed by atoms with Crippen LogP contribution in [-0.4, -0.2) is 22.5 Å². The molecule has 2 rings (SSSR count). The highest BCUT2D eigenvalue weighted by atomic mass is 35.5. The van der Waals surface area contributed by atoms with Crippen molar-refractivity contribution >= 4 is 17.5 Å². The molecule has 2 aromatic rings. The van der Waals surface area contributed by atoms with E-state index in [1.165, 1.54) is 18.5 Å². The summed E-state index contributed by atoms with van der Waals surface area (Å²) in [6.45, 7) is 0.284. The van der Waals surface area contributed by atoms with Crippen molar-refractivity contribution in [3.05, 3.63) is 59.9 Å². The lowest BCUT2D eigenvalue weighted by molar-refractivity contribution is 0.0951. The molecule has 1 unspecified atom stereocenters. The first kappa shape index (κ1) is 13.4. The zero-order valence-electron chi connectivity index (χ0n) is 10.1. The fourth-order valence-electron chi connectivity index (χ4n) is 1.64. The summed E-state index contributed by atoms with van der Waals surface area (Å²) in [6.07, 6.45) is 2.67. The zero-order valence-corrected chi connectivity index (χ0v) is 10.8. The molecule has 1 heterocycles. The fourth-order valence-corrected chi connectivity index (χ4v) is 1.86. The number of nitrogens with zero attached hydrogens (tertiary/aromatic N) is 1. The summed E-state index contributed by atoms with van der Waals surface area (Å²) in [7, 11) is 0. The second kappa shape index (κ2) is 6.20. The Morgan fingerprint density at radius 2 is 2.05 bits per heavy atom. The number of benzene rings is 1. The van der Waals surface area contributed by atoms with Gasteiger partial charge in [0.05, 0.1) is 17.1 Å². The summed E-state index contributed by atoms with van der Waals surface area (Å²) in [4.78, 5) is 15.6. The van der Waals surface area contributed by atoms with Gasteiger partial charge in [-0.05, 0) is 11.6 Å². The molecule has 1 aromatic heterocycles. The quantitative estimate of drug-likeness (QED) is 0.844. The van der Waals surface area contributed by atoms with Gasteiger partial charge in [-0.25, -0.2) is 0 Å². The van der Waals surface area contributed by atoms with E-state index in [9.17, 15) is 9.90 Å². The first-order chi connectivity index (χ1) is 9.18. The molecule has 4 nitrogen and oxygen atoms in total. The molecule has 0 saturated carbocycles. The third-order valence-corrected chi connectivity index (χ3v) is 3.05. The van der Waals surface area contributed by atoms with Gasteiger partial charge in [0.2, 0.25) is 0 Å². The summed E-state index contributed by atoms with van der Waals surface area (Å²) in [5.41, 5.74) is 1.12. The summed E-state index contributed by atoms with van der Waals surface area (Å²) in [5, 5.41) is 11.9. The van der Waals surface area contributed by atoms with Crippen molar-refractivity contribution in [1.29, 1.82) is 0 Å². The van der Waals surface area contributed by atoms with Crippen LogP contribution in [0.25, 0.3) is 0 Å². The van der Waals surface area contributed by atoms with Gasteiger partial charge in [0.15, 0.2) is 0 Å². The minimum Gasteiger partial charge on any atom is -0.505 e. The second-order valence-corrected chi connectivity index (χ2v) is 4.51. The van der Waals surface area contributed by atoms with E-state index in [0.717, 1.165) is 5.56 Å². The summed E-state index contributed by atoms with van der Waals surface area (Å²) >= 11 is 6.19. The third kappa shape index (κ3) is 3.45. The monoisotopic (exact) mass is 276 g/mol. The van der Waals surface area contributed by atoms with E-state index in [0.29, 0.717) is 0 Å². The maximum atomic E-state index is 11.8. The van der Waals surface area contributed by atoms with Crippen molar-refractivity contribution in [2.24, 2.45) is 0 Å². The number of carbonyl (C=O) groups excluding carboxylic acids is 1. The van der Waals surface area contributed by atoms with E-state index in [-0.39, 0.29) is 29.1 Å². The van der Waals surface area contributed by atoms with Gasteiger partial charge >= 0.3 is 0 Å². The lowest BCUT2D eigenvalue weighted by Crippen LogP contribution is -2.26. The highest BCUT2D eigenvalue weighted by molar-refractivity contribution is 6.21. The Morgan fingerprint density at radius 3 is 2.74 bits per heavy atom. The number of aromatic hydroxyl groups is 1. The maximum absolute atomic E-state index is 11.8. The largest absolute Gasteiger partial charge is 0.505 e. The molecule has 98 valence electrons. The Balaban J connectivity index is 1.96. The predicted octanol–water partition coefficient (Wildman–Crippen LogP) is 2.50. The van der Waals surface area contributed by atoms with Crippen molar-refractivity contribution in [3.63, 3.8) is 0 Å². The van der Waals surface area contributed by atoms with Crippen LogP contribution in [0.3, 0.4) is 0 Å². The molecule has 0 fully saturated rings. The van der Waals surface area contributed by atoms with Crippen molar-refractivity contribution in [1.82, 2.24) is 10.3 Å². The van der Waals surface area contributed by atoms with Gasteiger partial charge in [-0.2, -0.15) is 0 Å². The number of halogens is 1. The Kier molecular flexibility index (Phi) is 4.36. The van der Waals surface area contributed by atoms with Crippen LogP contribution in [-0.2, 0) is 0 Å². The fraction of sp³-hybridized carbons (Fsp3) is 0.143. The number of alkyl halides is 1. The molecule has 0 aliphatic rings. The topological polar surface area (TPSA) is 62.2 Å². The van der Waals surface area contributed by atoms with Crippen LogP contribution in [0.4, 0.5) is 0 Å². The van der Waals surface area contributed by atoms with E-state index in [2.05, 4.69) is 10.3 Å². The van der Waals surface area contributed by atoms with Gasteiger partial charge in [0.25, 0.3) is 5.91 Å². The normalized spacial score (nSPS) is 11.8. The van der Waals surface area contributed by atoms with Crippen LogP contribution in [0.1, 0.15) is 21.3 Å². The Labute approximate surface area is 116 Å². The van der Waals surface area contributed by atoms with Gasteiger partial charge in [-0.1, -0.05) is 30.3 Å². The van der Waals surface area contributed by atoms with E-state index < -0.39 is 0 Å². The van der Waals surface area contributed by atoms with E-state index in [1.807, 2.05) is 30.3 Å². The number of carbonyl (C=O) groups is 1. The van der Waals surface area contributed by atoms with E-state index in [4.69, 9.17) is 11.6 Å². The summed E-state index contributed by atoms with van der Waals surface area (Å²) in [5.74, 6) is -0.521. The number of hydrogen-bond donors (Lipinski definition) is 2. The molecule has 0 spiro atoms. The number of pyridine rings is 1. The van der Waals surface area contributed by atoms with Crippen molar-refractivity contribution in [2.75, 3.05) is 6.54 Å². The summed E-state index contributed by atoms with van der Waals surface area (Å²) in [6, 6.07) is 10.9. The Hall–Kier alpha value is -2.07. The van der Waals surface area contributed by atoms with Crippen LogP contribution >= 0.6 is 11.6 Å². The van der Waals surface area contributed by atoms with Crippen LogP contribution in [0.5, 0.6) is 5.75 Å². The Bertz CT molecular complexity index is 560. The van der Waals surface area contributed by atoms with Gasteiger partial charge in [0, 0.05) is 12.7 Å². The molecule has 0 aliphatic heterocycles. The minimum atomic E-state index is -0.374. The molecule has 0 bridgehead atoms. The van der Waals surface area contributed by atoms with Crippen LogP contribution < -0.4 is 5.32 Å². The van der Waals surface area contributed by atoms with Gasteiger partial charge < -0.3 is 10.4 Å². The van der Waals surface area contributed by atoms with Crippen LogP contribution in [0.15, 0.2) is 48.8 Å². The maximum Gasteiger partial charge on any atom is 0.255 e. The molecule has 5 heteroatoms. The highest BCUT2D eigenvalue weighted by Gasteiger charge is 2.13. The zero-order chi connectivity index (χ0) is 13.7. The molecular formula is C14H13ClN2O2. The molecule has 0 radical (unpaired) electrons. The molecule has 0 saturated heterocycles. The average Bonchev–Trinajstić information content (AvgIpc) is 2.46. The number of rotatable bonds is 4. The van der Waals surface area contributed by atoms with Gasteiger partial charge in [0.1, 0.15) is 5.75 Å². The lowest BCUT2D eigenvalue weighted by atomic mass is 10.1. The SMILES string of the molecule is O=C(NCC(Cl)c1ccccc1)c1ccncc1O. The van der Waals surface area contributed by atoms with Crippen molar-refractivity contribution in [3.8, 4) is 5.75 Å². The first-order valence-electron chi connectivity index (χ1n) is 5.78. The van der Waals surface area contributed by atoms with Gasteiger partial charge in [-0.3, -0.25) is 9.78 Å². The molecule has 1 aromatic carbocycles. The summed E-state index contributed by atoms with van der Waals surface area (Å²) < 4.78 is 0. The molecule has 2 N–H and O–H groups in total. The molecule has 1 amide bonds. The van der Waals surface area contributed by atoms with Gasteiger partial charge in [-0.15, -0.1) is 11.6 Å². The van der Waals surface area contributed by atoms with Crippen LogP contribution in [0, 0.1) is 0 Å². The number of nitrogens with one attached hydrogen (secondary N) is 1. The number of hydrogen-bond acceptors (Lipinski definition) is 3. The molecule has 19 heavy (non-hydrogen) atoms. The predicted molar refractivity (Wildman–Crippen MR) is 73.3 cm³/mol. The van der Waals surface area contributed by atoms with Crippen molar-refractivity contribution in [2.45, 2.75) is 5.38 Å². The molecular weight excluding hydrogens is 264 g/mol. The van der Waals surface area contributed by atoms with Crippen molar-refractivity contribution < 1.29 is 9.90 Å². The number of amides is 1. The van der Waals surface area contributed by atoms with E-state index in [1.54, 1.807) is 0 Å². The Morgan fingerprint density at radius 1 is 1.32 bits per heavy atom. The molecule has 0 aliphatic carbocycles. The smallest absolute Gasteiger partial charge is 0.255 e. The van der Waals surface area contributed by atoms with Crippen LogP contribution in [0.2, 0.25) is 0 Å². The second-order valence-electron chi connectivity index (χ2n) is 3.98.